The molecular formula is C10H9F6O2P. The smallest absolute Gasteiger partial charge is 0.315 e. The Morgan fingerprint density at radius 2 is 1.47 bits per heavy atom. The van der Waals surface area contributed by atoms with Crippen LogP contribution in [0.5, 0.6) is 0 Å². The third-order valence-electron chi connectivity index (χ3n) is 1.97. The van der Waals surface area contributed by atoms with Gasteiger partial charge in [0.2, 0.25) is 7.37 Å². The predicted octanol–water partition coefficient (Wildman–Crippen LogP) is 3.73. The molecule has 0 spiro atoms. The molecule has 2 nitrogen and oxygen atoms in total. The second kappa shape index (κ2) is 5.54. The first-order chi connectivity index (χ1) is 8.52. The molecular weight excluding hydrogens is 297 g/mol. The van der Waals surface area contributed by atoms with Crippen molar-refractivity contribution in [3.8, 4) is 0 Å². The number of hydrogen-bond acceptors (Lipinski definition) is 2. The van der Waals surface area contributed by atoms with E-state index in [1.165, 1.54) is 18.2 Å². The van der Waals surface area contributed by atoms with Crippen molar-refractivity contribution in [3.63, 3.8) is 0 Å². The topological polar surface area (TPSA) is 26.3 Å². The minimum atomic E-state index is -4.89. The summed E-state index contributed by atoms with van der Waals surface area (Å²) in [4.78, 5) is 0. The number of benzene rings is 1. The van der Waals surface area contributed by atoms with Crippen LogP contribution in [0, 0.1) is 0 Å². The van der Waals surface area contributed by atoms with Crippen LogP contribution in [0.1, 0.15) is 0 Å². The zero-order valence-electron chi connectivity index (χ0n) is 9.33. The van der Waals surface area contributed by atoms with Gasteiger partial charge in [0.25, 0.3) is 0 Å². The third kappa shape index (κ3) is 5.65. The lowest BCUT2D eigenvalue weighted by atomic mass is 10.4. The van der Waals surface area contributed by atoms with Crippen molar-refractivity contribution < 1.29 is 35.4 Å². The van der Waals surface area contributed by atoms with E-state index in [9.17, 15) is 30.9 Å². The largest absolute Gasteiger partial charge is 0.412 e. The molecule has 1 atom stereocenters. The van der Waals surface area contributed by atoms with Gasteiger partial charge in [-0.05, 0) is 12.1 Å². The fourth-order valence-corrected chi connectivity index (χ4v) is 3.16. The summed E-state index contributed by atoms with van der Waals surface area (Å²) in [7, 11) is -4.63. The Hall–Kier alpha value is -1.01. The lowest BCUT2D eigenvalue weighted by molar-refractivity contribution is -0.154. The Bertz CT molecular complexity index is 453. The summed E-state index contributed by atoms with van der Waals surface area (Å²) < 4.78 is 89.1. The fraction of sp³-hybridized carbons (Fsp3) is 0.400. The quantitative estimate of drug-likeness (QED) is 0.626. The molecule has 1 rings (SSSR count). The van der Waals surface area contributed by atoms with Gasteiger partial charge >= 0.3 is 12.4 Å². The molecule has 19 heavy (non-hydrogen) atoms. The summed E-state index contributed by atoms with van der Waals surface area (Å²) in [5.74, 6) is 0. The minimum absolute atomic E-state index is 0.392. The summed E-state index contributed by atoms with van der Waals surface area (Å²) >= 11 is 0. The lowest BCUT2D eigenvalue weighted by Gasteiger charge is -2.21. The number of rotatable bonds is 4. The molecule has 0 N–H and O–H groups in total. The normalized spacial score (nSPS) is 16.1. The lowest BCUT2D eigenvalue weighted by Crippen LogP contribution is -2.25. The molecule has 0 fully saturated rings. The van der Waals surface area contributed by atoms with Crippen molar-refractivity contribution in [2.24, 2.45) is 0 Å². The Balaban J connectivity index is 3.01. The molecule has 0 heterocycles. The van der Waals surface area contributed by atoms with Gasteiger partial charge in [0.05, 0.1) is 0 Å². The first-order valence-corrected chi connectivity index (χ1v) is 6.76. The van der Waals surface area contributed by atoms with Gasteiger partial charge in [0.15, 0.2) is 6.61 Å². The first kappa shape index (κ1) is 16.0. The number of alkyl halides is 6. The van der Waals surface area contributed by atoms with Gasteiger partial charge in [-0.1, -0.05) is 18.2 Å². The number of hydrogen-bond donors (Lipinski definition) is 0. The third-order valence-corrected chi connectivity index (χ3v) is 4.38. The Labute approximate surface area is 104 Å². The van der Waals surface area contributed by atoms with Gasteiger partial charge < -0.3 is 4.52 Å². The monoisotopic (exact) mass is 306 g/mol. The molecule has 0 aromatic heterocycles. The van der Waals surface area contributed by atoms with E-state index < -0.39 is 37.8 Å². The van der Waals surface area contributed by atoms with Gasteiger partial charge in [-0.3, -0.25) is 4.57 Å². The van der Waals surface area contributed by atoms with Crippen molar-refractivity contribution >= 4 is 12.7 Å². The highest BCUT2D eigenvalue weighted by atomic mass is 31.2. The van der Waals surface area contributed by atoms with Crippen LogP contribution in [0.2, 0.25) is 0 Å². The zero-order valence-corrected chi connectivity index (χ0v) is 10.2. The maximum absolute atomic E-state index is 12.3. The van der Waals surface area contributed by atoms with E-state index in [-0.39, 0.29) is 0 Å². The number of halogens is 6. The molecule has 0 amide bonds. The fourth-order valence-electron chi connectivity index (χ4n) is 1.28. The molecule has 9 heteroatoms. The highest BCUT2D eigenvalue weighted by Gasteiger charge is 2.43. The van der Waals surface area contributed by atoms with E-state index in [0.717, 1.165) is 12.1 Å². The van der Waals surface area contributed by atoms with Crippen molar-refractivity contribution in [1.82, 2.24) is 0 Å². The van der Waals surface area contributed by atoms with E-state index in [1.54, 1.807) is 0 Å². The van der Waals surface area contributed by atoms with Gasteiger partial charge in [0, 0.05) is 5.30 Å². The van der Waals surface area contributed by atoms with Crippen LogP contribution >= 0.6 is 7.37 Å². The standard InChI is InChI=1S/C10H9F6O2P/c11-9(12,13)6-18-19(17,7-10(14,15)16)8-4-2-1-3-5-8/h1-5H,6-7H2. The van der Waals surface area contributed by atoms with Crippen molar-refractivity contribution in [2.75, 3.05) is 12.8 Å². The van der Waals surface area contributed by atoms with Gasteiger partial charge in [-0.25, -0.2) is 0 Å². The molecule has 0 radical (unpaired) electrons. The van der Waals surface area contributed by atoms with Gasteiger partial charge in [0.1, 0.15) is 6.16 Å². The predicted molar refractivity (Wildman–Crippen MR) is 56.6 cm³/mol. The zero-order chi connectivity index (χ0) is 14.7. The summed E-state index contributed by atoms with van der Waals surface area (Å²) in [6, 6.07) is 6.07. The minimum Gasteiger partial charge on any atom is -0.315 e. The van der Waals surface area contributed by atoms with E-state index in [2.05, 4.69) is 4.52 Å². The van der Waals surface area contributed by atoms with E-state index in [0.29, 0.717) is 0 Å². The molecule has 0 saturated heterocycles. The Morgan fingerprint density at radius 3 is 1.89 bits per heavy atom. The van der Waals surface area contributed by atoms with Gasteiger partial charge in [-0.2, -0.15) is 26.3 Å². The Morgan fingerprint density at radius 1 is 0.947 bits per heavy atom. The first-order valence-electron chi connectivity index (χ1n) is 4.95. The average molecular weight is 306 g/mol. The summed E-state index contributed by atoms with van der Waals surface area (Å²) in [5, 5.41) is -0.392. The summed E-state index contributed by atoms with van der Waals surface area (Å²) in [6.45, 7) is -1.99. The maximum atomic E-state index is 12.3. The van der Waals surface area contributed by atoms with Crippen LogP contribution in [0.4, 0.5) is 26.3 Å². The Kier molecular flexibility index (Phi) is 4.68. The second-order valence-electron chi connectivity index (χ2n) is 3.67. The molecule has 0 aliphatic carbocycles. The molecule has 1 aromatic carbocycles. The highest BCUT2D eigenvalue weighted by Crippen LogP contribution is 2.50. The molecule has 108 valence electrons. The molecule has 0 saturated carbocycles. The second-order valence-corrected chi connectivity index (χ2v) is 6.11. The van der Waals surface area contributed by atoms with E-state index in [4.69, 9.17) is 0 Å². The molecule has 1 unspecified atom stereocenters. The molecule has 0 aliphatic rings. The molecule has 1 aromatic rings. The van der Waals surface area contributed by atoms with E-state index >= 15 is 0 Å². The van der Waals surface area contributed by atoms with Gasteiger partial charge in [-0.15, -0.1) is 0 Å². The van der Waals surface area contributed by atoms with Crippen LogP contribution in [0.3, 0.4) is 0 Å². The van der Waals surface area contributed by atoms with Crippen LogP contribution in [-0.2, 0) is 9.09 Å². The van der Waals surface area contributed by atoms with Crippen molar-refractivity contribution in [1.29, 1.82) is 0 Å². The van der Waals surface area contributed by atoms with Crippen LogP contribution in [0.25, 0.3) is 0 Å². The molecule has 0 aliphatic heterocycles. The van der Waals surface area contributed by atoms with Crippen molar-refractivity contribution in [3.05, 3.63) is 30.3 Å². The average Bonchev–Trinajstić information content (AvgIpc) is 2.25. The summed E-state index contributed by atoms with van der Waals surface area (Å²) in [6.07, 6.45) is -11.7. The van der Waals surface area contributed by atoms with Crippen LogP contribution < -0.4 is 5.30 Å². The van der Waals surface area contributed by atoms with Crippen LogP contribution in [-0.4, -0.2) is 25.1 Å². The highest BCUT2D eigenvalue weighted by molar-refractivity contribution is 7.67. The maximum Gasteiger partial charge on any atom is 0.412 e. The SMILES string of the molecule is O=P(CC(F)(F)F)(OCC(F)(F)F)c1ccccc1. The molecule has 0 bridgehead atoms. The van der Waals surface area contributed by atoms with Crippen LogP contribution in [0.15, 0.2) is 30.3 Å². The van der Waals surface area contributed by atoms with Crippen molar-refractivity contribution in [2.45, 2.75) is 12.4 Å². The summed E-state index contributed by atoms with van der Waals surface area (Å²) in [5.41, 5.74) is 0. The van der Waals surface area contributed by atoms with E-state index in [1.807, 2.05) is 0 Å².